The van der Waals surface area contributed by atoms with Crippen LogP contribution in [0.4, 0.5) is 5.69 Å². The second-order valence-corrected chi connectivity index (χ2v) is 9.47. The molecule has 2 aromatic carbocycles. The molecule has 2 N–H and O–H groups in total. The number of rotatable bonds is 6. The smallest absolute Gasteiger partial charge is 0.360 e. The number of benzene rings is 2. The minimum Gasteiger partial charge on any atom is -0.448 e. The highest BCUT2D eigenvalue weighted by atomic mass is 32.2. The van der Waals surface area contributed by atoms with Crippen LogP contribution in [0.5, 0.6) is 0 Å². The Bertz CT molecular complexity index is 1400. The summed E-state index contributed by atoms with van der Waals surface area (Å²) in [7, 11) is -3.74. The zero-order valence-electron chi connectivity index (χ0n) is 18.2. The van der Waals surface area contributed by atoms with Gasteiger partial charge < -0.3 is 14.8 Å². The molecule has 0 saturated carbocycles. The summed E-state index contributed by atoms with van der Waals surface area (Å²) in [5, 5.41) is 9.12. The summed E-state index contributed by atoms with van der Waals surface area (Å²) >= 11 is 0. The lowest BCUT2D eigenvalue weighted by Crippen LogP contribution is -2.40. The van der Waals surface area contributed by atoms with Crippen LogP contribution in [-0.2, 0) is 24.3 Å². The summed E-state index contributed by atoms with van der Waals surface area (Å²) < 4.78 is 37.5. The molecule has 1 saturated heterocycles. The number of morpholine rings is 1. The molecule has 4 rings (SSSR count). The van der Waals surface area contributed by atoms with Gasteiger partial charge in [0.1, 0.15) is 0 Å². The number of carbonyl (C=O) groups is 2. The van der Waals surface area contributed by atoms with Gasteiger partial charge >= 0.3 is 5.97 Å². The maximum Gasteiger partial charge on any atom is 0.360 e. The Labute approximate surface area is 194 Å². The summed E-state index contributed by atoms with van der Waals surface area (Å²) in [5.41, 5.74) is -0.354. The van der Waals surface area contributed by atoms with E-state index < -0.39 is 33.6 Å². The van der Waals surface area contributed by atoms with Crippen LogP contribution < -0.4 is 10.9 Å². The lowest BCUT2D eigenvalue weighted by molar-refractivity contribution is -0.123. The number of nitrogens with zero attached hydrogens (tertiary/aromatic N) is 2. The van der Waals surface area contributed by atoms with Gasteiger partial charge in [-0.05, 0) is 31.2 Å². The van der Waals surface area contributed by atoms with Gasteiger partial charge in [0.15, 0.2) is 11.8 Å². The van der Waals surface area contributed by atoms with E-state index in [-0.39, 0.29) is 34.8 Å². The van der Waals surface area contributed by atoms with Crippen molar-refractivity contribution in [1.82, 2.24) is 14.5 Å². The molecule has 3 aromatic rings. The summed E-state index contributed by atoms with van der Waals surface area (Å²) in [4.78, 5) is 37.2. The van der Waals surface area contributed by atoms with Crippen molar-refractivity contribution < 1.29 is 27.5 Å². The van der Waals surface area contributed by atoms with E-state index in [9.17, 15) is 22.8 Å². The van der Waals surface area contributed by atoms with E-state index in [1.165, 1.54) is 35.5 Å². The zero-order chi connectivity index (χ0) is 24.3. The number of esters is 1. The lowest BCUT2D eigenvalue weighted by Gasteiger charge is -2.26. The third kappa shape index (κ3) is 4.83. The molecule has 0 radical (unpaired) electrons. The molecule has 34 heavy (non-hydrogen) atoms. The van der Waals surface area contributed by atoms with Crippen molar-refractivity contribution >= 4 is 38.4 Å². The molecule has 12 heteroatoms. The van der Waals surface area contributed by atoms with Crippen molar-refractivity contribution in [3.05, 3.63) is 64.6 Å². The Morgan fingerprint density at radius 1 is 1.12 bits per heavy atom. The van der Waals surface area contributed by atoms with Gasteiger partial charge in [0.05, 0.1) is 23.5 Å². The number of amides is 1. The number of aromatic amines is 1. The average molecular weight is 487 g/mol. The van der Waals surface area contributed by atoms with Crippen LogP contribution in [0.15, 0.2) is 58.2 Å². The third-order valence-electron chi connectivity index (χ3n) is 5.25. The van der Waals surface area contributed by atoms with Crippen molar-refractivity contribution in [2.45, 2.75) is 17.9 Å². The largest absolute Gasteiger partial charge is 0.448 e. The van der Waals surface area contributed by atoms with E-state index in [0.29, 0.717) is 18.6 Å². The number of hydrogen-bond donors (Lipinski definition) is 2. The predicted molar refractivity (Wildman–Crippen MR) is 122 cm³/mol. The number of carbonyl (C=O) groups excluding carboxylic acids is 2. The molecular weight excluding hydrogens is 464 g/mol. The standard InChI is InChI=1S/C22H22N4O7S/c1-14(33-22(29)19-17-7-2-3-8-18(17)21(28)25-24-19)20(27)23-15-5-4-6-16(13-15)34(30,31)26-9-11-32-12-10-26/h2-8,13-14H,9-12H2,1H3,(H,23,27)(H,25,28)/t14-/m1/s1. The van der Waals surface area contributed by atoms with E-state index in [2.05, 4.69) is 15.5 Å². The fraction of sp³-hybridized carbons (Fsp3) is 0.273. The van der Waals surface area contributed by atoms with E-state index in [4.69, 9.17) is 9.47 Å². The Morgan fingerprint density at radius 3 is 2.56 bits per heavy atom. The topological polar surface area (TPSA) is 148 Å². The first-order chi connectivity index (χ1) is 16.3. The first-order valence-corrected chi connectivity index (χ1v) is 11.9. The van der Waals surface area contributed by atoms with Crippen LogP contribution in [0, 0.1) is 0 Å². The van der Waals surface area contributed by atoms with E-state index in [0.717, 1.165) is 0 Å². The summed E-state index contributed by atoms with van der Waals surface area (Å²) in [6.45, 7) is 2.50. The summed E-state index contributed by atoms with van der Waals surface area (Å²) in [5.74, 6) is -1.55. The van der Waals surface area contributed by atoms with Crippen LogP contribution in [0.2, 0.25) is 0 Å². The average Bonchev–Trinajstić information content (AvgIpc) is 2.85. The first kappa shape index (κ1) is 23.5. The van der Waals surface area contributed by atoms with Crippen LogP contribution in [0.1, 0.15) is 17.4 Å². The van der Waals surface area contributed by atoms with Gasteiger partial charge in [-0.15, -0.1) is 0 Å². The SMILES string of the molecule is C[C@@H](OC(=O)c1n[nH]c(=O)c2ccccc12)C(=O)Nc1cccc(S(=O)(=O)N2CCOCC2)c1. The fourth-order valence-electron chi connectivity index (χ4n) is 3.45. The molecule has 0 spiro atoms. The van der Waals surface area contributed by atoms with Gasteiger partial charge in [-0.2, -0.15) is 9.40 Å². The van der Waals surface area contributed by atoms with Crippen molar-refractivity contribution in [2.24, 2.45) is 0 Å². The monoisotopic (exact) mass is 486 g/mol. The third-order valence-corrected chi connectivity index (χ3v) is 7.15. The molecule has 1 fully saturated rings. The highest BCUT2D eigenvalue weighted by molar-refractivity contribution is 7.89. The normalized spacial score (nSPS) is 15.6. The number of fused-ring (bicyclic) bond motifs is 1. The second kappa shape index (κ2) is 9.71. The lowest BCUT2D eigenvalue weighted by atomic mass is 10.1. The molecule has 178 valence electrons. The number of aromatic nitrogens is 2. The molecule has 0 bridgehead atoms. The van der Waals surface area contributed by atoms with Crippen molar-refractivity contribution in [2.75, 3.05) is 31.6 Å². The summed E-state index contributed by atoms with van der Waals surface area (Å²) in [6.07, 6.45) is -1.22. The van der Waals surface area contributed by atoms with Crippen molar-refractivity contribution in [1.29, 1.82) is 0 Å². The number of H-pyrrole nitrogens is 1. The number of sulfonamides is 1. The highest BCUT2D eigenvalue weighted by Crippen LogP contribution is 2.21. The van der Waals surface area contributed by atoms with Crippen LogP contribution in [0.3, 0.4) is 0 Å². The molecule has 1 atom stereocenters. The Hall–Kier alpha value is -3.61. The van der Waals surface area contributed by atoms with Gasteiger partial charge in [-0.3, -0.25) is 9.59 Å². The Kier molecular flexibility index (Phi) is 6.72. The van der Waals surface area contributed by atoms with E-state index in [1.54, 1.807) is 24.3 Å². The van der Waals surface area contributed by atoms with Crippen molar-refractivity contribution in [3.8, 4) is 0 Å². The molecule has 1 aromatic heterocycles. The van der Waals surface area contributed by atoms with Crippen LogP contribution >= 0.6 is 0 Å². The van der Waals surface area contributed by atoms with Gasteiger partial charge in [0.2, 0.25) is 10.0 Å². The molecule has 1 aliphatic heterocycles. The van der Waals surface area contributed by atoms with Gasteiger partial charge in [-0.1, -0.05) is 24.3 Å². The van der Waals surface area contributed by atoms with Gasteiger partial charge in [0.25, 0.3) is 11.5 Å². The second-order valence-electron chi connectivity index (χ2n) is 7.53. The first-order valence-electron chi connectivity index (χ1n) is 10.4. The maximum absolute atomic E-state index is 12.8. The molecule has 0 unspecified atom stereocenters. The number of nitrogens with one attached hydrogen (secondary N) is 2. The molecule has 11 nitrogen and oxygen atoms in total. The Balaban J connectivity index is 1.46. The quantitative estimate of drug-likeness (QED) is 0.493. The zero-order valence-corrected chi connectivity index (χ0v) is 19.0. The minimum atomic E-state index is -3.74. The number of ether oxygens (including phenoxy) is 2. The fourth-order valence-corrected chi connectivity index (χ4v) is 4.91. The van der Waals surface area contributed by atoms with Gasteiger partial charge in [0, 0.05) is 24.2 Å². The molecule has 0 aliphatic carbocycles. The van der Waals surface area contributed by atoms with Crippen LogP contribution in [-0.4, -0.2) is 67.2 Å². The predicted octanol–water partition coefficient (Wildman–Crippen LogP) is 1.13. The van der Waals surface area contributed by atoms with E-state index in [1.807, 2.05) is 0 Å². The molecular formula is C22H22N4O7S. The van der Waals surface area contributed by atoms with Gasteiger partial charge in [-0.25, -0.2) is 18.3 Å². The Morgan fingerprint density at radius 2 is 1.82 bits per heavy atom. The maximum atomic E-state index is 12.8. The minimum absolute atomic E-state index is 0.0285. The summed E-state index contributed by atoms with van der Waals surface area (Å²) in [6, 6.07) is 12.2. The van der Waals surface area contributed by atoms with Crippen LogP contribution in [0.25, 0.3) is 10.8 Å². The van der Waals surface area contributed by atoms with E-state index >= 15 is 0 Å². The number of hydrogen-bond acceptors (Lipinski definition) is 8. The highest BCUT2D eigenvalue weighted by Gasteiger charge is 2.27. The molecule has 1 amide bonds. The van der Waals surface area contributed by atoms with Crippen molar-refractivity contribution in [3.63, 3.8) is 0 Å². The molecule has 1 aliphatic rings. The molecule has 2 heterocycles. The number of anilines is 1.